The van der Waals surface area contributed by atoms with Gasteiger partial charge in [-0.15, -0.1) is 4.57 Å². The first-order chi connectivity index (χ1) is 15.9. The van der Waals surface area contributed by atoms with Crippen LogP contribution in [0.4, 0.5) is 5.69 Å². The van der Waals surface area contributed by atoms with Crippen LogP contribution >= 0.6 is 0 Å². The van der Waals surface area contributed by atoms with Gasteiger partial charge in [-0.1, -0.05) is 12.1 Å². The maximum atomic E-state index is 12.3. The number of benzene rings is 2. The number of ether oxygens (including phenoxy) is 2. The van der Waals surface area contributed by atoms with Crippen molar-refractivity contribution in [3.8, 4) is 5.75 Å². The highest BCUT2D eigenvalue weighted by Crippen LogP contribution is 2.14. The Morgan fingerprint density at radius 3 is 2.61 bits per heavy atom. The second-order valence-electron chi connectivity index (χ2n) is 7.39. The van der Waals surface area contributed by atoms with E-state index in [0.29, 0.717) is 34.1 Å². The molecule has 2 aromatic heterocycles. The number of carbonyl (C=O) groups is 2. The Kier molecular flexibility index (Phi) is 6.21. The second-order valence-corrected chi connectivity index (χ2v) is 7.39. The van der Waals surface area contributed by atoms with Gasteiger partial charge in [-0.25, -0.2) is 9.78 Å². The van der Waals surface area contributed by atoms with E-state index < -0.39 is 11.5 Å². The van der Waals surface area contributed by atoms with Crippen LogP contribution in [-0.4, -0.2) is 28.0 Å². The van der Waals surface area contributed by atoms with Gasteiger partial charge in [-0.05, 0) is 55.8 Å². The summed E-state index contributed by atoms with van der Waals surface area (Å²) >= 11 is 0. The normalized spacial score (nSPS) is 10.7. The Morgan fingerprint density at radius 2 is 1.85 bits per heavy atom. The first-order valence-electron chi connectivity index (χ1n) is 10.1. The summed E-state index contributed by atoms with van der Waals surface area (Å²) < 4.78 is 17.0. The lowest BCUT2D eigenvalue weighted by molar-refractivity contribution is -0.118. The van der Waals surface area contributed by atoms with Gasteiger partial charge in [0.25, 0.3) is 11.5 Å². The highest BCUT2D eigenvalue weighted by molar-refractivity contribution is 5.93. The quantitative estimate of drug-likeness (QED) is 0.433. The van der Waals surface area contributed by atoms with Gasteiger partial charge in [-0.2, -0.15) is 0 Å². The highest BCUT2D eigenvalue weighted by atomic mass is 16.5. The molecule has 9 heteroatoms. The van der Waals surface area contributed by atoms with Crippen LogP contribution in [0.25, 0.3) is 5.65 Å². The van der Waals surface area contributed by atoms with E-state index in [1.165, 1.54) is 18.2 Å². The third kappa shape index (κ3) is 5.45. The molecule has 1 N–H and O–H groups in total. The number of aryl methyl sites for hydroxylation is 2. The average molecular weight is 447 g/mol. The minimum Gasteiger partial charge on any atom is -0.484 e. The van der Waals surface area contributed by atoms with E-state index >= 15 is 0 Å². The molecule has 4 aromatic rings. The van der Waals surface area contributed by atoms with Gasteiger partial charge in [0.15, 0.2) is 12.3 Å². The molecule has 0 unspecified atom stereocenters. The number of hydrogen-bond donors (Lipinski definition) is 1. The number of nitrogens with zero attached hydrogens (tertiary/aromatic N) is 2. The Bertz CT molecular complexity index is 1370. The Hall–Kier alpha value is -4.40. The summed E-state index contributed by atoms with van der Waals surface area (Å²) in [5.74, 6) is 0.250. The van der Waals surface area contributed by atoms with Crippen LogP contribution in [-0.2, 0) is 16.1 Å². The first kappa shape index (κ1) is 21.8. The fraction of sp³-hybridized carbons (Fsp3) is 0.167. The maximum Gasteiger partial charge on any atom is 0.338 e. The minimum atomic E-state index is -0.582. The lowest BCUT2D eigenvalue weighted by atomic mass is 10.2. The van der Waals surface area contributed by atoms with Gasteiger partial charge >= 0.3 is 5.97 Å². The predicted molar refractivity (Wildman–Crippen MR) is 119 cm³/mol. The lowest BCUT2D eigenvalue weighted by Gasteiger charge is -2.09. The highest BCUT2D eigenvalue weighted by Gasteiger charge is 2.12. The van der Waals surface area contributed by atoms with Crippen molar-refractivity contribution in [3.05, 3.63) is 93.6 Å². The van der Waals surface area contributed by atoms with Gasteiger partial charge in [0.1, 0.15) is 18.1 Å². The molecule has 0 aliphatic heterocycles. The molecule has 0 saturated carbocycles. The van der Waals surface area contributed by atoms with Crippen molar-refractivity contribution in [2.45, 2.75) is 20.5 Å². The number of anilines is 1. The van der Waals surface area contributed by atoms with E-state index in [0.717, 1.165) is 10.1 Å². The third-order valence-corrected chi connectivity index (χ3v) is 4.64. The van der Waals surface area contributed by atoms with Crippen molar-refractivity contribution in [2.75, 3.05) is 11.9 Å². The molecule has 0 aliphatic rings. The molecule has 2 heterocycles. The maximum absolute atomic E-state index is 12.3. The molecule has 9 nitrogen and oxygen atoms in total. The Balaban J connectivity index is 1.30. The van der Waals surface area contributed by atoms with E-state index in [1.807, 2.05) is 25.1 Å². The van der Waals surface area contributed by atoms with Gasteiger partial charge in [0, 0.05) is 17.8 Å². The van der Waals surface area contributed by atoms with Crippen LogP contribution in [0.1, 0.15) is 27.4 Å². The zero-order chi connectivity index (χ0) is 23.4. The summed E-state index contributed by atoms with van der Waals surface area (Å²) in [6.07, 6.45) is 0. The molecule has 168 valence electrons. The third-order valence-electron chi connectivity index (χ3n) is 4.64. The number of hydrogen-bond acceptors (Lipinski definition) is 7. The molecule has 0 spiro atoms. The summed E-state index contributed by atoms with van der Waals surface area (Å²) in [5, 5.41) is 2.70. The summed E-state index contributed by atoms with van der Waals surface area (Å²) in [5.41, 5.74) is 2.10. The summed E-state index contributed by atoms with van der Waals surface area (Å²) in [6, 6.07) is 16.5. The number of nitrogens with one attached hydrogen (secondary N) is 1. The van der Waals surface area contributed by atoms with Crippen LogP contribution in [0.3, 0.4) is 0 Å². The van der Waals surface area contributed by atoms with Gasteiger partial charge in [-0.3, -0.25) is 9.59 Å². The average Bonchev–Trinajstić information content (AvgIpc) is 3.17. The van der Waals surface area contributed by atoms with Gasteiger partial charge < -0.3 is 19.3 Å². The zero-order valence-electron chi connectivity index (χ0n) is 18.0. The monoisotopic (exact) mass is 447 g/mol. The molecule has 0 fully saturated rings. The Morgan fingerprint density at radius 1 is 1.06 bits per heavy atom. The fourth-order valence-electron chi connectivity index (χ4n) is 3.11. The summed E-state index contributed by atoms with van der Waals surface area (Å²) in [7, 11) is 0. The van der Waals surface area contributed by atoms with Gasteiger partial charge in [0.2, 0.25) is 0 Å². The summed E-state index contributed by atoms with van der Waals surface area (Å²) in [6.45, 7) is 3.34. The lowest BCUT2D eigenvalue weighted by Crippen LogP contribution is -2.20. The number of fused-ring (bicyclic) bond motifs is 1. The standard InChI is InChI=1S/C24H21N3O6/c1-15-4-3-5-20(10-15)31-14-22(28)26-18-8-6-17(7-9-18)24(30)32-13-19-12-23(29)27-21(25-19)11-16(2)33-27/h3-12H,13-14H2,1-2H3,(H,26,28). The van der Waals surface area contributed by atoms with Crippen molar-refractivity contribution in [1.82, 2.24) is 9.56 Å². The van der Waals surface area contributed by atoms with Crippen LogP contribution in [0, 0.1) is 13.8 Å². The molecule has 0 bridgehead atoms. The van der Waals surface area contributed by atoms with Crippen molar-refractivity contribution in [3.63, 3.8) is 0 Å². The van der Waals surface area contributed by atoms with Crippen LogP contribution < -0.4 is 15.6 Å². The molecule has 33 heavy (non-hydrogen) atoms. The van der Waals surface area contributed by atoms with E-state index in [2.05, 4.69) is 10.3 Å². The number of rotatable bonds is 7. The molecule has 0 atom stereocenters. The van der Waals surface area contributed by atoms with Crippen LogP contribution in [0.5, 0.6) is 5.75 Å². The van der Waals surface area contributed by atoms with Crippen LogP contribution in [0.2, 0.25) is 0 Å². The number of amides is 1. The second kappa shape index (κ2) is 9.39. The van der Waals surface area contributed by atoms with E-state index in [1.54, 1.807) is 31.2 Å². The molecule has 2 aromatic carbocycles. The van der Waals surface area contributed by atoms with Crippen molar-refractivity contribution in [1.29, 1.82) is 0 Å². The van der Waals surface area contributed by atoms with Crippen molar-refractivity contribution in [2.24, 2.45) is 0 Å². The molecular formula is C24H21N3O6. The van der Waals surface area contributed by atoms with Crippen LogP contribution in [0.15, 0.2) is 70.0 Å². The largest absolute Gasteiger partial charge is 0.484 e. The topological polar surface area (TPSA) is 112 Å². The zero-order valence-corrected chi connectivity index (χ0v) is 18.0. The number of esters is 1. The number of aromatic nitrogens is 2. The van der Waals surface area contributed by atoms with Gasteiger partial charge in [0.05, 0.1) is 11.3 Å². The first-order valence-corrected chi connectivity index (χ1v) is 10.1. The minimum absolute atomic E-state index is 0.138. The summed E-state index contributed by atoms with van der Waals surface area (Å²) in [4.78, 5) is 40.7. The van der Waals surface area contributed by atoms with E-state index in [9.17, 15) is 14.4 Å². The molecule has 1 amide bonds. The van der Waals surface area contributed by atoms with E-state index in [-0.39, 0.29) is 19.1 Å². The molecule has 0 aliphatic carbocycles. The SMILES string of the molecule is Cc1cccc(OCC(=O)Nc2ccc(C(=O)OCc3cc(=O)n4oc(C)cc4n3)cc2)c1. The molecule has 0 saturated heterocycles. The fourth-order valence-corrected chi connectivity index (χ4v) is 3.11. The Labute approximate surface area is 188 Å². The van der Waals surface area contributed by atoms with Crippen molar-refractivity contribution < 1.29 is 23.6 Å². The molecule has 0 radical (unpaired) electrons. The van der Waals surface area contributed by atoms with Crippen molar-refractivity contribution >= 4 is 23.2 Å². The smallest absolute Gasteiger partial charge is 0.338 e. The predicted octanol–water partition coefficient (Wildman–Crippen LogP) is 3.28. The van der Waals surface area contributed by atoms with E-state index in [4.69, 9.17) is 14.0 Å². The molecular weight excluding hydrogens is 426 g/mol. The number of carbonyl (C=O) groups excluding carboxylic acids is 2. The molecule has 4 rings (SSSR count).